The predicted octanol–water partition coefficient (Wildman–Crippen LogP) is 0.727. The molecule has 0 bridgehead atoms. The summed E-state index contributed by atoms with van der Waals surface area (Å²) in [6.07, 6.45) is 1.35. The van der Waals surface area contributed by atoms with Crippen LogP contribution in [0.3, 0.4) is 0 Å². The third-order valence-corrected chi connectivity index (χ3v) is 2.57. The van der Waals surface area contributed by atoms with Crippen LogP contribution in [0.2, 0.25) is 0 Å². The third kappa shape index (κ3) is 1.06. The van der Waals surface area contributed by atoms with Crippen molar-refractivity contribution in [3.05, 3.63) is 0 Å². The van der Waals surface area contributed by atoms with E-state index >= 15 is 0 Å². The minimum atomic E-state index is 0.753. The van der Waals surface area contributed by atoms with Gasteiger partial charge in [0, 0.05) is 19.1 Å². The second-order valence-electron chi connectivity index (χ2n) is 3.56. The average molecular weight is 141 g/mol. The second-order valence-corrected chi connectivity index (χ2v) is 3.56. The SMILES string of the molecule is CC1C[C@@H]2COCCN2C1. The van der Waals surface area contributed by atoms with Crippen molar-refractivity contribution in [2.75, 3.05) is 26.3 Å². The van der Waals surface area contributed by atoms with Gasteiger partial charge in [0.15, 0.2) is 0 Å². The molecule has 2 aliphatic heterocycles. The summed E-state index contributed by atoms with van der Waals surface area (Å²) in [7, 11) is 0. The predicted molar refractivity (Wildman–Crippen MR) is 40.0 cm³/mol. The van der Waals surface area contributed by atoms with E-state index in [-0.39, 0.29) is 0 Å². The van der Waals surface area contributed by atoms with Crippen LogP contribution in [0.5, 0.6) is 0 Å². The van der Waals surface area contributed by atoms with Crippen LogP contribution in [-0.2, 0) is 4.74 Å². The highest BCUT2D eigenvalue weighted by Crippen LogP contribution is 2.24. The summed E-state index contributed by atoms with van der Waals surface area (Å²) < 4.78 is 5.39. The average Bonchev–Trinajstić information content (AvgIpc) is 2.27. The fraction of sp³-hybridized carbons (Fsp3) is 1.00. The Kier molecular flexibility index (Phi) is 1.66. The van der Waals surface area contributed by atoms with Crippen molar-refractivity contribution >= 4 is 0 Å². The molecule has 0 spiro atoms. The molecule has 2 saturated heterocycles. The molecule has 0 radical (unpaired) electrons. The highest BCUT2D eigenvalue weighted by molar-refractivity contribution is 4.84. The minimum absolute atomic E-state index is 0.753. The van der Waals surface area contributed by atoms with E-state index in [1.54, 1.807) is 0 Å². The Labute approximate surface area is 62.2 Å². The Bertz CT molecular complexity index is 112. The maximum Gasteiger partial charge on any atom is 0.0622 e. The molecular formula is C8H15NO. The molecule has 0 saturated carbocycles. The lowest BCUT2D eigenvalue weighted by Gasteiger charge is -2.28. The van der Waals surface area contributed by atoms with Gasteiger partial charge < -0.3 is 4.74 Å². The molecule has 1 unspecified atom stereocenters. The van der Waals surface area contributed by atoms with Crippen molar-refractivity contribution in [3.63, 3.8) is 0 Å². The van der Waals surface area contributed by atoms with Crippen LogP contribution < -0.4 is 0 Å². The summed E-state index contributed by atoms with van der Waals surface area (Å²) in [5, 5.41) is 0. The van der Waals surface area contributed by atoms with Crippen molar-refractivity contribution < 1.29 is 4.74 Å². The highest BCUT2D eigenvalue weighted by atomic mass is 16.5. The zero-order valence-electron chi connectivity index (χ0n) is 6.55. The highest BCUT2D eigenvalue weighted by Gasteiger charge is 2.31. The zero-order valence-corrected chi connectivity index (χ0v) is 6.55. The van der Waals surface area contributed by atoms with Crippen LogP contribution in [0.1, 0.15) is 13.3 Å². The van der Waals surface area contributed by atoms with E-state index in [2.05, 4.69) is 11.8 Å². The number of hydrogen-bond donors (Lipinski definition) is 0. The van der Waals surface area contributed by atoms with E-state index in [1.165, 1.54) is 13.0 Å². The summed E-state index contributed by atoms with van der Waals surface area (Å²) in [6.45, 7) is 6.72. The second kappa shape index (κ2) is 2.51. The van der Waals surface area contributed by atoms with Gasteiger partial charge in [0.1, 0.15) is 0 Å². The first-order valence-corrected chi connectivity index (χ1v) is 4.18. The Hall–Kier alpha value is -0.0800. The monoisotopic (exact) mass is 141 g/mol. The van der Waals surface area contributed by atoms with Crippen molar-refractivity contribution in [1.82, 2.24) is 4.90 Å². The Balaban J connectivity index is 1.97. The molecular weight excluding hydrogens is 126 g/mol. The van der Waals surface area contributed by atoms with Crippen molar-refractivity contribution in [2.24, 2.45) is 5.92 Å². The molecule has 2 nitrogen and oxygen atoms in total. The smallest absolute Gasteiger partial charge is 0.0622 e. The quantitative estimate of drug-likeness (QED) is 0.493. The Morgan fingerprint density at radius 2 is 2.40 bits per heavy atom. The lowest BCUT2D eigenvalue weighted by molar-refractivity contribution is 0.0128. The summed E-state index contributed by atoms with van der Waals surface area (Å²) >= 11 is 0. The van der Waals surface area contributed by atoms with E-state index in [0.29, 0.717) is 0 Å². The molecule has 2 aliphatic rings. The molecule has 10 heavy (non-hydrogen) atoms. The standard InChI is InChI=1S/C8H15NO/c1-7-4-8-6-10-3-2-9(8)5-7/h7-8H,2-6H2,1H3/t7?,8-/m1/s1. The van der Waals surface area contributed by atoms with Gasteiger partial charge >= 0.3 is 0 Å². The molecule has 2 heterocycles. The molecule has 0 N–H and O–H groups in total. The first kappa shape index (κ1) is 6.62. The molecule has 2 atom stereocenters. The molecule has 0 aromatic heterocycles. The largest absolute Gasteiger partial charge is 0.378 e. The van der Waals surface area contributed by atoms with Gasteiger partial charge in [0.2, 0.25) is 0 Å². The summed E-state index contributed by atoms with van der Waals surface area (Å²) in [4.78, 5) is 2.56. The number of morpholine rings is 1. The first-order valence-electron chi connectivity index (χ1n) is 4.18. The van der Waals surface area contributed by atoms with E-state index in [4.69, 9.17) is 4.74 Å². The lowest BCUT2D eigenvalue weighted by atomic mass is 10.1. The van der Waals surface area contributed by atoms with Gasteiger partial charge in [-0.3, -0.25) is 4.90 Å². The normalized spacial score (nSPS) is 41.7. The van der Waals surface area contributed by atoms with Crippen molar-refractivity contribution in [3.8, 4) is 0 Å². The fourth-order valence-corrected chi connectivity index (χ4v) is 2.09. The first-order chi connectivity index (χ1) is 4.86. The lowest BCUT2D eigenvalue weighted by Crippen LogP contribution is -2.40. The molecule has 0 amide bonds. The number of hydrogen-bond acceptors (Lipinski definition) is 2. The summed E-state index contributed by atoms with van der Waals surface area (Å²) in [6, 6.07) is 0.753. The fourth-order valence-electron chi connectivity index (χ4n) is 2.09. The third-order valence-electron chi connectivity index (χ3n) is 2.57. The van der Waals surface area contributed by atoms with Gasteiger partial charge in [-0.25, -0.2) is 0 Å². The van der Waals surface area contributed by atoms with Crippen LogP contribution in [0.4, 0.5) is 0 Å². The molecule has 0 aromatic carbocycles. The van der Waals surface area contributed by atoms with Gasteiger partial charge in [-0.15, -0.1) is 0 Å². The molecule has 2 heteroatoms. The van der Waals surface area contributed by atoms with Crippen LogP contribution >= 0.6 is 0 Å². The number of rotatable bonds is 0. The van der Waals surface area contributed by atoms with E-state index in [1.807, 2.05) is 0 Å². The minimum Gasteiger partial charge on any atom is -0.378 e. The Morgan fingerprint density at radius 1 is 1.50 bits per heavy atom. The summed E-state index contributed by atoms with van der Waals surface area (Å²) in [5.41, 5.74) is 0. The molecule has 0 aromatic rings. The van der Waals surface area contributed by atoms with Crippen molar-refractivity contribution in [2.45, 2.75) is 19.4 Å². The van der Waals surface area contributed by atoms with Gasteiger partial charge in [-0.1, -0.05) is 6.92 Å². The topological polar surface area (TPSA) is 12.5 Å². The molecule has 58 valence electrons. The summed E-state index contributed by atoms with van der Waals surface area (Å²) in [5.74, 6) is 0.895. The number of ether oxygens (including phenoxy) is 1. The van der Waals surface area contributed by atoms with Crippen LogP contribution in [0.15, 0.2) is 0 Å². The zero-order chi connectivity index (χ0) is 6.97. The van der Waals surface area contributed by atoms with Gasteiger partial charge in [-0.2, -0.15) is 0 Å². The maximum atomic E-state index is 5.39. The molecule has 0 aliphatic carbocycles. The van der Waals surface area contributed by atoms with Crippen LogP contribution in [0.25, 0.3) is 0 Å². The number of nitrogens with zero attached hydrogens (tertiary/aromatic N) is 1. The maximum absolute atomic E-state index is 5.39. The van der Waals surface area contributed by atoms with E-state index < -0.39 is 0 Å². The van der Waals surface area contributed by atoms with Crippen molar-refractivity contribution in [1.29, 1.82) is 0 Å². The number of fused-ring (bicyclic) bond motifs is 1. The Morgan fingerprint density at radius 3 is 3.20 bits per heavy atom. The van der Waals surface area contributed by atoms with Gasteiger partial charge in [-0.05, 0) is 12.3 Å². The van der Waals surface area contributed by atoms with Gasteiger partial charge in [0.05, 0.1) is 13.2 Å². The molecule has 2 fully saturated rings. The van der Waals surface area contributed by atoms with E-state index in [9.17, 15) is 0 Å². The van der Waals surface area contributed by atoms with Crippen LogP contribution in [-0.4, -0.2) is 37.2 Å². The van der Waals surface area contributed by atoms with E-state index in [0.717, 1.165) is 31.7 Å². The van der Waals surface area contributed by atoms with Crippen LogP contribution in [0, 0.1) is 5.92 Å². The molecule has 2 rings (SSSR count). The van der Waals surface area contributed by atoms with Gasteiger partial charge in [0.25, 0.3) is 0 Å².